The molecule has 0 spiro atoms. The van der Waals surface area contributed by atoms with Crippen LogP contribution in [0, 0.1) is 12.3 Å². The van der Waals surface area contributed by atoms with Gasteiger partial charge in [-0.05, 0) is 25.2 Å². The van der Waals surface area contributed by atoms with Crippen LogP contribution in [-0.2, 0) is 0 Å². The maximum atomic E-state index is 8.90. The topological polar surface area (TPSA) is 75.3 Å². The van der Waals surface area contributed by atoms with Gasteiger partial charge in [-0.1, -0.05) is 13.8 Å². The SMILES string of the molecule is Cc1nnc2c(NCC(C)(C)CCCO)nccn12. The molecular formula is C13H21N5O. The van der Waals surface area contributed by atoms with Crippen molar-refractivity contribution >= 4 is 11.5 Å². The van der Waals surface area contributed by atoms with Gasteiger partial charge in [0.15, 0.2) is 5.82 Å². The molecule has 0 fully saturated rings. The molecule has 0 saturated heterocycles. The molecule has 104 valence electrons. The highest BCUT2D eigenvalue weighted by Gasteiger charge is 2.18. The van der Waals surface area contributed by atoms with Crippen molar-refractivity contribution in [2.45, 2.75) is 33.6 Å². The van der Waals surface area contributed by atoms with Crippen molar-refractivity contribution in [3.8, 4) is 0 Å². The van der Waals surface area contributed by atoms with E-state index in [4.69, 9.17) is 5.11 Å². The molecule has 0 aliphatic rings. The van der Waals surface area contributed by atoms with E-state index in [9.17, 15) is 0 Å². The lowest BCUT2D eigenvalue weighted by Gasteiger charge is -2.24. The van der Waals surface area contributed by atoms with E-state index in [0.717, 1.165) is 36.7 Å². The molecule has 2 heterocycles. The smallest absolute Gasteiger partial charge is 0.203 e. The summed E-state index contributed by atoms with van der Waals surface area (Å²) in [7, 11) is 0. The van der Waals surface area contributed by atoms with E-state index < -0.39 is 0 Å². The van der Waals surface area contributed by atoms with Gasteiger partial charge in [0.05, 0.1) is 0 Å². The van der Waals surface area contributed by atoms with E-state index in [2.05, 4.69) is 34.3 Å². The standard InChI is InChI=1S/C13H21N5O/c1-10-16-17-12-11(14-6-7-18(10)12)15-9-13(2,3)5-4-8-19/h6-7,19H,4-5,8-9H2,1-3H3,(H,14,15). The zero-order chi connectivity index (χ0) is 13.9. The molecule has 0 atom stereocenters. The highest BCUT2D eigenvalue weighted by Crippen LogP contribution is 2.23. The van der Waals surface area contributed by atoms with Gasteiger partial charge in [-0.15, -0.1) is 10.2 Å². The van der Waals surface area contributed by atoms with Gasteiger partial charge in [-0.3, -0.25) is 4.40 Å². The summed E-state index contributed by atoms with van der Waals surface area (Å²) in [6.07, 6.45) is 5.38. The number of nitrogens with one attached hydrogen (secondary N) is 1. The Morgan fingerprint density at radius 1 is 1.37 bits per heavy atom. The maximum absolute atomic E-state index is 8.90. The van der Waals surface area contributed by atoms with Gasteiger partial charge >= 0.3 is 0 Å². The van der Waals surface area contributed by atoms with Crippen LogP contribution in [0.1, 0.15) is 32.5 Å². The minimum Gasteiger partial charge on any atom is -0.396 e. The Bertz CT molecular complexity index is 549. The van der Waals surface area contributed by atoms with Crippen molar-refractivity contribution in [1.82, 2.24) is 19.6 Å². The predicted molar refractivity (Wildman–Crippen MR) is 74.1 cm³/mol. The summed E-state index contributed by atoms with van der Waals surface area (Å²) < 4.78 is 1.91. The first-order chi connectivity index (χ1) is 9.03. The van der Waals surface area contributed by atoms with Crippen molar-refractivity contribution < 1.29 is 5.11 Å². The number of aliphatic hydroxyl groups is 1. The molecule has 0 aliphatic heterocycles. The average molecular weight is 263 g/mol. The van der Waals surface area contributed by atoms with E-state index in [1.54, 1.807) is 6.20 Å². The molecule has 2 N–H and O–H groups in total. The summed E-state index contributed by atoms with van der Waals surface area (Å²) >= 11 is 0. The summed E-state index contributed by atoms with van der Waals surface area (Å²) in [6, 6.07) is 0. The number of hydrogen-bond donors (Lipinski definition) is 2. The molecule has 0 saturated carbocycles. The molecule has 6 nitrogen and oxygen atoms in total. The van der Waals surface area contributed by atoms with Gasteiger partial charge in [0.1, 0.15) is 5.82 Å². The third-order valence-corrected chi connectivity index (χ3v) is 3.24. The molecule has 2 aromatic heterocycles. The molecule has 2 aromatic rings. The molecule has 2 rings (SSSR count). The first-order valence-corrected chi connectivity index (χ1v) is 6.54. The second-order valence-corrected chi connectivity index (χ2v) is 5.56. The minimum atomic E-state index is 0.103. The number of nitrogens with zero attached hydrogens (tertiary/aromatic N) is 4. The molecular weight excluding hydrogens is 242 g/mol. The predicted octanol–water partition coefficient (Wildman–Crippen LogP) is 1.64. The third-order valence-electron chi connectivity index (χ3n) is 3.24. The normalized spacial score (nSPS) is 12.0. The zero-order valence-corrected chi connectivity index (χ0v) is 11.7. The number of aromatic nitrogens is 4. The number of aliphatic hydroxyl groups excluding tert-OH is 1. The Kier molecular flexibility index (Phi) is 3.99. The number of fused-ring (bicyclic) bond motifs is 1. The molecule has 0 radical (unpaired) electrons. The molecule has 0 aromatic carbocycles. The van der Waals surface area contributed by atoms with Crippen molar-refractivity contribution in [3.63, 3.8) is 0 Å². The van der Waals surface area contributed by atoms with Crippen LogP contribution in [0.2, 0.25) is 0 Å². The second kappa shape index (κ2) is 5.52. The van der Waals surface area contributed by atoms with Crippen molar-refractivity contribution in [2.24, 2.45) is 5.41 Å². The number of hydrogen-bond acceptors (Lipinski definition) is 5. The maximum Gasteiger partial charge on any atom is 0.203 e. The van der Waals surface area contributed by atoms with E-state index in [-0.39, 0.29) is 12.0 Å². The lowest BCUT2D eigenvalue weighted by molar-refractivity contribution is 0.248. The molecule has 0 bridgehead atoms. The van der Waals surface area contributed by atoms with Crippen LogP contribution in [0.5, 0.6) is 0 Å². The lowest BCUT2D eigenvalue weighted by Crippen LogP contribution is -2.24. The van der Waals surface area contributed by atoms with Gasteiger partial charge in [0.25, 0.3) is 0 Å². The first-order valence-electron chi connectivity index (χ1n) is 6.54. The van der Waals surface area contributed by atoms with E-state index in [1.165, 1.54) is 0 Å². The van der Waals surface area contributed by atoms with Crippen LogP contribution < -0.4 is 5.32 Å². The summed E-state index contributed by atoms with van der Waals surface area (Å²) in [6.45, 7) is 7.27. The lowest BCUT2D eigenvalue weighted by atomic mass is 9.88. The van der Waals surface area contributed by atoms with Crippen LogP contribution in [0.4, 0.5) is 5.82 Å². The average Bonchev–Trinajstić information content (AvgIpc) is 2.77. The second-order valence-electron chi connectivity index (χ2n) is 5.56. The van der Waals surface area contributed by atoms with E-state index in [0.29, 0.717) is 0 Å². The number of anilines is 1. The summed E-state index contributed by atoms with van der Waals surface area (Å²) in [5.74, 6) is 1.60. The summed E-state index contributed by atoms with van der Waals surface area (Å²) in [5, 5.41) is 20.4. The number of aryl methyl sites for hydroxylation is 1. The Morgan fingerprint density at radius 3 is 2.89 bits per heavy atom. The quantitative estimate of drug-likeness (QED) is 0.828. The fourth-order valence-corrected chi connectivity index (χ4v) is 2.04. The molecule has 0 aliphatic carbocycles. The van der Waals surface area contributed by atoms with E-state index >= 15 is 0 Å². The monoisotopic (exact) mass is 263 g/mol. The number of rotatable bonds is 6. The minimum absolute atomic E-state index is 0.103. The third kappa shape index (κ3) is 3.20. The molecule has 6 heteroatoms. The largest absolute Gasteiger partial charge is 0.396 e. The zero-order valence-electron chi connectivity index (χ0n) is 11.7. The Morgan fingerprint density at radius 2 is 2.16 bits per heavy atom. The van der Waals surface area contributed by atoms with Gasteiger partial charge in [0, 0.05) is 25.5 Å². The van der Waals surface area contributed by atoms with Crippen LogP contribution >= 0.6 is 0 Å². The van der Waals surface area contributed by atoms with Crippen LogP contribution in [0.25, 0.3) is 5.65 Å². The highest BCUT2D eigenvalue weighted by atomic mass is 16.2. The van der Waals surface area contributed by atoms with Gasteiger partial charge in [-0.2, -0.15) is 0 Å². The van der Waals surface area contributed by atoms with Crippen LogP contribution in [0.15, 0.2) is 12.4 Å². The van der Waals surface area contributed by atoms with Crippen molar-refractivity contribution in [1.29, 1.82) is 0 Å². The van der Waals surface area contributed by atoms with Crippen molar-refractivity contribution in [2.75, 3.05) is 18.5 Å². The molecule has 0 unspecified atom stereocenters. The fourth-order valence-electron chi connectivity index (χ4n) is 2.04. The molecule has 0 amide bonds. The van der Waals surface area contributed by atoms with Gasteiger partial charge in [0.2, 0.25) is 5.65 Å². The van der Waals surface area contributed by atoms with Crippen molar-refractivity contribution in [3.05, 3.63) is 18.2 Å². The van der Waals surface area contributed by atoms with E-state index in [1.807, 2.05) is 17.5 Å². The van der Waals surface area contributed by atoms with Crippen LogP contribution in [0.3, 0.4) is 0 Å². The first kappa shape index (κ1) is 13.7. The Labute approximate surface area is 112 Å². The highest BCUT2D eigenvalue weighted by molar-refractivity contribution is 5.61. The Hall–Kier alpha value is -1.69. The molecule has 19 heavy (non-hydrogen) atoms. The Balaban J connectivity index is 2.09. The van der Waals surface area contributed by atoms with Crippen LogP contribution in [-0.4, -0.2) is 37.8 Å². The van der Waals surface area contributed by atoms with Gasteiger partial charge < -0.3 is 10.4 Å². The summed E-state index contributed by atoms with van der Waals surface area (Å²) in [5.41, 5.74) is 0.852. The summed E-state index contributed by atoms with van der Waals surface area (Å²) in [4.78, 5) is 4.32. The fraction of sp³-hybridized carbons (Fsp3) is 0.615. The van der Waals surface area contributed by atoms with Gasteiger partial charge in [-0.25, -0.2) is 4.98 Å².